The first-order chi connectivity index (χ1) is 6.74. The van der Waals surface area contributed by atoms with Crippen molar-refractivity contribution in [2.75, 3.05) is 0 Å². The topological polar surface area (TPSA) is 38.3 Å². The molecule has 4 heteroatoms. The summed E-state index contributed by atoms with van der Waals surface area (Å²) < 4.78 is 0.816. The Hall–Kier alpha value is -1.03. The van der Waals surface area contributed by atoms with Crippen molar-refractivity contribution in [2.45, 2.75) is 19.8 Å². The molecular weight excluding hydrogens is 246 g/mol. The third kappa shape index (κ3) is 3.38. The zero-order chi connectivity index (χ0) is 10.4. The second kappa shape index (κ2) is 5.65. The Kier molecular flexibility index (Phi) is 4.46. The van der Waals surface area contributed by atoms with Crippen LogP contribution in [0.3, 0.4) is 0 Å². The van der Waals surface area contributed by atoms with Crippen molar-refractivity contribution in [1.29, 1.82) is 0 Å². The normalized spacial score (nSPS) is 9.57. The summed E-state index contributed by atoms with van der Waals surface area (Å²) in [5.74, 6) is 0.500. The minimum Gasteiger partial charge on any atom is -0.378 e. The average molecular weight is 258 g/mol. The predicted molar refractivity (Wildman–Crippen MR) is 57.8 cm³/mol. The molecule has 14 heavy (non-hydrogen) atoms. The molecule has 0 atom stereocenters. The quantitative estimate of drug-likeness (QED) is 0.843. The highest BCUT2D eigenvalue weighted by Crippen LogP contribution is 2.22. The van der Waals surface area contributed by atoms with Gasteiger partial charge in [-0.3, -0.25) is 4.79 Å². The summed E-state index contributed by atoms with van der Waals surface area (Å²) in [5.41, 5.74) is 2.37. The van der Waals surface area contributed by atoms with E-state index in [9.17, 15) is 4.79 Å². The van der Waals surface area contributed by atoms with Gasteiger partial charge in [0, 0.05) is 6.42 Å². The molecule has 0 aromatic heterocycles. The highest BCUT2D eigenvalue weighted by Gasteiger charge is 2.02. The van der Waals surface area contributed by atoms with E-state index in [1.165, 1.54) is 0 Å². The molecule has 1 aromatic carbocycles. The molecule has 0 saturated carbocycles. The molecule has 0 saturated heterocycles. The molecule has 1 amide bonds. The summed E-state index contributed by atoms with van der Waals surface area (Å²) in [7, 11) is 0. The molecule has 0 bridgehead atoms. The Balaban J connectivity index is 2.46. The van der Waals surface area contributed by atoms with Crippen LogP contribution in [0.25, 0.3) is 0 Å². The summed E-state index contributed by atoms with van der Waals surface area (Å²) in [5, 5.41) is 0. The Bertz CT molecular complexity index is 315. The van der Waals surface area contributed by atoms with Gasteiger partial charge in [-0.1, -0.05) is 19.1 Å². The molecule has 0 aliphatic heterocycles. The first kappa shape index (κ1) is 11.0. The maximum absolute atomic E-state index is 11.1. The van der Waals surface area contributed by atoms with E-state index < -0.39 is 0 Å². The van der Waals surface area contributed by atoms with Crippen LogP contribution in [-0.2, 0) is 4.79 Å². The van der Waals surface area contributed by atoms with Crippen LogP contribution in [0.1, 0.15) is 19.8 Å². The molecule has 76 valence electrons. The van der Waals surface area contributed by atoms with E-state index >= 15 is 0 Å². The number of benzene rings is 1. The fourth-order valence-electron chi connectivity index (χ4n) is 0.917. The number of nitrogens with one attached hydrogen (secondary N) is 1. The third-order valence-electron chi connectivity index (χ3n) is 1.59. The maximum atomic E-state index is 11.1. The Morgan fingerprint density at radius 1 is 1.50 bits per heavy atom. The molecule has 0 aliphatic rings. The van der Waals surface area contributed by atoms with Gasteiger partial charge < -0.3 is 4.84 Å². The predicted octanol–water partition coefficient (Wildman–Crippen LogP) is 2.66. The fourth-order valence-corrected chi connectivity index (χ4v) is 1.28. The van der Waals surface area contributed by atoms with Gasteiger partial charge in [0.1, 0.15) is 0 Å². The molecule has 0 heterocycles. The summed E-state index contributed by atoms with van der Waals surface area (Å²) in [6.07, 6.45) is 1.29. The molecular formula is C10H12BrNO2. The SMILES string of the molecule is CCCC(=O)NOc1ccccc1Br. The Labute approximate surface area is 91.5 Å². The van der Waals surface area contributed by atoms with Gasteiger partial charge in [0.25, 0.3) is 5.91 Å². The number of hydroxylamine groups is 1. The second-order valence-electron chi connectivity index (χ2n) is 2.81. The number of amides is 1. The number of para-hydroxylation sites is 1. The molecule has 0 spiro atoms. The molecule has 3 nitrogen and oxygen atoms in total. The summed E-state index contributed by atoms with van der Waals surface area (Å²) in [4.78, 5) is 16.2. The van der Waals surface area contributed by atoms with Gasteiger partial charge in [-0.05, 0) is 34.5 Å². The van der Waals surface area contributed by atoms with Crippen molar-refractivity contribution in [3.05, 3.63) is 28.7 Å². The van der Waals surface area contributed by atoms with Crippen LogP contribution in [-0.4, -0.2) is 5.91 Å². The number of hydrogen-bond donors (Lipinski definition) is 1. The lowest BCUT2D eigenvalue weighted by Gasteiger charge is -2.07. The lowest BCUT2D eigenvalue weighted by atomic mass is 10.3. The van der Waals surface area contributed by atoms with Crippen LogP contribution in [0, 0.1) is 0 Å². The zero-order valence-corrected chi connectivity index (χ0v) is 9.50. The van der Waals surface area contributed by atoms with Crippen molar-refractivity contribution in [1.82, 2.24) is 5.48 Å². The monoisotopic (exact) mass is 257 g/mol. The van der Waals surface area contributed by atoms with Crippen LogP contribution in [0.15, 0.2) is 28.7 Å². The highest BCUT2D eigenvalue weighted by atomic mass is 79.9. The molecule has 0 radical (unpaired) electrons. The molecule has 0 aliphatic carbocycles. The average Bonchev–Trinajstić information content (AvgIpc) is 2.17. The Morgan fingerprint density at radius 3 is 2.86 bits per heavy atom. The number of hydrogen-bond acceptors (Lipinski definition) is 2. The number of halogens is 1. The van der Waals surface area contributed by atoms with E-state index in [4.69, 9.17) is 4.84 Å². The van der Waals surface area contributed by atoms with E-state index in [1.807, 2.05) is 25.1 Å². The fraction of sp³-hybridized carbons (Fsp3) is 0.300. The number of carbonyl (C=O) groups excluding carboxylic acids is 1. The van der Waals surface area contributed by atoms with Crippen LogP contribution in [0.4, 0.5) is 0 Å². The van der Waals surface area contributed by atoms with E-state index in [0.29, 0.717) is 12.2 Å². The van der Waals surface area contributed by atoms with Gasteiger partial charge >= 0.3 is 0 Å². The van der Waals surface area contributed by atoms with Crippen molar-refractivity contribution >= 4 is 21.8 Å². The first-order valence-corrected chi connectivity index (χ1v) is 5.23. The van der Waals surface area contributed by atoms with Gasteiger partial charge in [0.2, 0.25) is 0 Å². The van der Waals surface area contributed by atoms with Gasteiger partial charge in [-0.15, -0.1) is 0 Å². The molecule has 0 unspecified atom stereocenters. The lowest BCUT2D eigenvalue weighted by Crippen LogP contribution is -2.26. The van der Waals surface area contributed by atoms with Crippen molar-refractivity contribution < 1.29 is 9.63 Å². The molecule has 1 N–H and O–H groups in total. The maximum Gasteiger partial charge on any atom is 0.252 e. The van der Waals surface area contributed by atoms with Gasteiger partial charge in [0.15, 0.2) is 5.75 Å². The summed E-state index contributed by atoms with van der Waals surface area (Å²) in [6, 6.07) is 7.34. The first-order valence-electron chi connectivity index (χ1n) is 4.44. The van der Waals surface area contributed by atoms with E-state index in [0.717, 1.165) is 10.9 Å². The minimum atomic E-state index is -0.108. The van der Waals surface area contributed by atoms with Gasteiger partial charge in [0.05, 0.1) is 4.47 Å². The number of rotatable bonds is 4. The summed E-state index contributed by atoms with van der Waals surface area (Å²) in [6.45, 7) is 1.94. The Morgan fingerprint density at radius 2 is 2.21 bits per heavy atom. The van der Waals surface area contributed by atoms with Crippen LogP contribution >= 0.6 is 15.9 Å². The second-order valence-corrected chi connectivity index (χ2v) is 3.66. The molecule has 1 rings (SSSR count). The van der Waals surface area contributed by atoms with Gasteiger partial charge in [-0.25, -0.2) is 0 Å². The molecule has 1 aromatic rings. The van der Waals surface area contributed by atoms with Crippen molar-refractivity contribution in [3.8, 4) is 5.75 Å². The highest BCUT2D eigenvalue weighted by molar-refractivity contribution is 9.10. The lowest BCUT2D eigenvalue weighted by molar-refractivity contribution is -0.127. The summed E-state index contributed by atoms with van der Waals surface area (Å²) >= 11 is 3.31. The standard InChI is InChI=1S/C10H12BrNO2/c1-2-5-10(13)12-14-9-7-4-3-6-8(9)11/h3-4,6-7H,2,5H2,1H3,(H,12,13). The zero-order valence-electron chi connectivity index (χ0n) is 7.92. The van der Waals surface area contributed by atoms with Crippen molar-refractivity contribution in [3.63, 3.8) is 0 Å². The smallest absolute Gasteiger partial charge is 0.252 e. The van der Waals surface area contributed by atoms with E-state index in [2.05, 4.69) is 21.4 Å². The van der Waals surface area contributed by atoms with Crippen LogP contribution in [0.5, 0.6) is 5.75 Å². The van der Waals surface area contributed by atoms with Crippen molar-refractivity contribution in [2.24, 2.45) is 0 Å². The van der Waals surface area contributed by atoms with E-state index in [-0.39, 0.29) is 5.91 Å². The largest absolute Gasteiger partial charge is 0.378 e. The van der Waals surface area contributed by atoms with Gasteiger partial charge in [-0.2, -0.15) is 5.48 Å². The molecule has 0 fully saturated rings. The third-order valence-corrected chi connectivity index (χ3v) is 2.24. The number of carbonyl (C=O) groups is 1. The van der Waals surface area contributed by atoms with E-state index in [1.54, 1.807) is 6.07 Å². The minimum absolute atomic E-state index is 0.108. The van der Waals surface area contributed by atoms with Crippen LogP contribution < -0.4 is 10.3 Å². The van der Waals surface area contributed by atoms with Crippen LogP contribution in [0.2, 0.25) is 0 Å².